The molecule has 0 fully saturated rings. The van der Waals surface area contributed by atoms with E-state index in [4.69, 9.17) is 0 Å². The molecule has 1 aromatic heterocycles. The van der Waals surface area contributed by atoms with Gasteiger partial charge in [-0.25, -0.2) is 0 Å². The first-order valence-corrected chi connectivity index (χ1v) is 6.06. The smallest absolute Gasteiger partial charge is 0.293 e. The Morgan fingerprint density at radius 2 is 2.00 bits per heavy atom. The Hall–Kier alpha value is -1.29. The zero-order chi connectivity index (χ0) is 12.9. The Labute approximate surface area is 109 Å². The summed E-state index contributed by atoms with van der Waals surface area (Å²) in [6.45, 7) is 5.92. The minimum atomic E-state index is -0.318. The Kier molecular flexibility index (Phi) is 4.75. The first kappa shape index (κ1) is 13.8. The minimum Gasteiger partial charge on any atom is -0.462 e. The van der Waals surface area contributed by atoms with Crippen molar-refractivity contribution < 1.29 is 9.53 Å². The molecule has 92 valence electrons. The van der Waals surface area contributed by atoms with E-state index in [0.29, 0.717) is 6.47 Å². The van der Waals surface area contributed by atoms with Crippen LogP contribution in [0.15, 0.2) is 34.9 Å². The average Bonchev–Trinajstić information content (AvgIpc) is 2.66. The largest absolute Gasteiger partial charge is 0.462 e. The highest BCUT2D eigenvalue weighted by atomic mass is 79.9. The molecule has 17 heavy (non-hydrogen) atoms. The molecule has 0 aliphatic rings. The van der Waals surface area contributed by atoms with Gasteiger partial charge in [-0.1, -0.05) is 22.0 Å². The van der Waals surface area contributed by atoms with Crippen LogP contribution in [0.25, 0.3) is 10.9 Å². The highest BCUT2D eigenvalue weighted by Gasteiger charge is 2.07. The van der Waals surface area contributed by atoms with Crippen molar-refractivity contribution in [2.24, 2.45) is 0 Å². The number of nitrogens with one attached hydrogen (secondary N) is 1. The van der Waals surface area contributed by atoms with E-state index in [-0.39, 0.29) is 5.60 Å². The summed E-state index contributed by atoms with van der Waals surface area (Å²) in [5, 5.41) is 1.24. The number of hydrogen-bond acceptors (Lipinski definition) is 2. The fourth-order valence-electron chi connectivity index (χ4n) is 1.19. The third-order valence-corrected chi connectivity index (χ3v) is 2.63. The van der Waals surface area contributed by atoms with Crippen LogP contribution >= 0.6 is 15.9 Å². The summed E-state index contributed by atoms with van der Waals surface area (Å²) in [6, 6.07) is 8.17. The first-order chi connectivity index (χ1) is 7.94. The van der Waals surface area contributed by atoms with E-state index < -0.39 is 0 Å². The van der Waals surface area contributed by atoms with Gasteiger partial charge >= 0.3 is 0 Å². The fraction of sp³-hybridized carbons (Fsp3) is 0.308. The number of carbonyl (C=O) groups excluding carboxylic acids is 1. The van der Waals surface area contributed by atoms with Gasteiger partial charge in [0.15, 0.2) is 0 Å². The quantitative estimate of drug-likeness (QED) is 0.812. The molecule has 0 aliphatic carbocycles. The second-order valence-electron chi connectivity index (χ2n) is 4.51. The van der Waals surface area contributed by atoms with E-state index in [9.17, 15) is 4.79 Å². The second-order valence-corrected chi connectivity index (χ2v) is 5.36. The number of ether oxygens (including phenoxy) is 1. The van der Waals surface area contributed by atoms with Crippen molar-refractivity contribution in [1.29, 1.82) is 0 Å². The lowest BCUT2D eigenvalue weighted by molar-refractivity contribution is -0.138. The summed E-state index contributed by atoms with van der Waals surface area (Å²) < 4.78 is 5.69. The van der Waals surface area contributed by atoms with Crippen molar-refractivity contribution in [2.45, 2.75) is 26.4 Å². The number of aromatic nitrogens is 1. The van der Waals surface area contributed by atoms with Crippen molar-refractivity contribution in [3.05, 3.63) is 34.9 Å². The van der Waals surface area contributed by atoms with Crippen molar-refractivity contribution in [1.82, 2.24) is 4.98 Å². The van der Waals surface area contributed by atoms with Crippen LogP contribution in [0.4, 0.5) is 0 Å². The van der Waals surface area contributed by atoms with Crippen LogP contribution in [0.3, 0.4) is 0 Å². The number of benzene rings is 1. The molecule has 1 N–H and O–H groups in total. The highest BCUT2D eigenvalue weighted by Crippen LogP contribution is 2.21. The molecule has 0 saturated carbocycles. The van der Waals surface area contributed by atoms with E-state index in [0.717, 1.165) is 4.47 Å². The van der Waals surface area contributed by atoms with Crippen molar-refractivity contribution >= 4 is 33.3 Å². The summed E-state index contributed by atoms with van der Waals surface area (Å²) in [7, 11) is 0. The monoisotopic (exact) mass is 297 g/mol. The van der Waals surface area contributed by atoms with Crippen LogP contribution in [-0.4, -0.2) is 17.1 Å². The lowest BCUT2D eigenvalue weighted by atomic mass is 10.2. The Balaban J connectivity index is 0.000000185. The molecule has 0 radical (unpaired) electrons. The molecule has 0 spiro atoms. The van der Waals surface area contributed by atoms with Gasteiger partial charge in [-0.15, -0.1) is 0 Å². The number of H-pyrrole nitrogens is 1. The third kappa shape index (κ3) is 4.61. The molecule has 0 saturated heterocycles. The maximum atomic E-state index is 9.60. The van der Waals surface area contributed by atoms with Gasteiger partial charge in [0.2, 0.25) is 0 Å². The summed E-state index contributed by atoms with van der Waals surface area (Å²) in [4.78, 5) is 12.7. The molecule has 2 rings (SSSR count). The van der Waals surface area contributed by atoms with Crippen LogP contribution < -0.4 is 0 Å². The topological polar surface area (TPSA) is 42.1 Å². The number of fused-ring (bicyclic) bond motifs is 1. The van der Waals surface area contributed by atoms with Crippen molar-refractivity contribution in [3.8, 4) is 0 Å². The third-order valence-electron chi connectivity index (χ3n) is 1.94. The van der Waals surface area contributed by atoms with Crippen LogP contribution in [0.2, 0.25) is 0 Å². The van der Waals surface area contributed by atoms with Crippen LogP contribution in [-0.2, 0) is 9.53 Å². The summed E-state index contributed by atoms with van der Waals surface area (Å²) >= 11 is 3.46. The molecule has 0 bridgehead atoms. The molecule has 0 atom stereocenters. The maximum Gasteiger partial charge on any atom is 0.293 e. The maximum absolute atomic E-state index is 9.60. The number of hydrogen-bond donors (Lipinski definition) is 1. The molecule has 0 aliphatic heterocycles. The van der Waals surface area contributed by atoms with Crippen molar-refractivity contribution in [3.63, 3.8) is 0 Å². The predicted octanol–water partition coefficient (Wildman–Crippen LogP) is 3.89. The van der Waals surface area contributed by atoms with Crippen LogP contribution in [0.1, 0.15) is 20.8 Å². The summed E-state index contributed by atoms with van der Waals surface area (Å²) in [6.07, 6.45) is 1.94. The van der Waals surface area contributed by atoms with Gasteiger partial charge in [0.05, 0.1) is 0 Å². The number of halogens is 1. The zero-order valence-corrected chi connectivity index (χ0v) is 11.7. The van der Waals surface area contributed by atoms with Gasteiger partial charge in [-0.2, -0.15) is 0 Å². The van der Waals surface area contributed by atoms with Gasteiger partial charge in [0, 0.05) is 21.6 Å². The molecule has 4 heteroatoms. The van der Waals surface area contributed by atoms with Crippen LogP contribution in [0, 0.1) is 0 Å². The van der Waals surface area contributed by atoms with Crippen molar-refractivity contribution in [2.75, 3.05) is 0 Å². The van der Waals surface area contributed by atoms with Gasteiger partial charge in [-0.05, 0) is 39.0 Å². The minimum absolute atomic E-state index is 0.318. The van der Waals surface area contributed by atoms with Gasteiger partial charge in [-0.3, -0.25) is 4.79 Å². The summed E-state index contributed by atoms with van der Waals surface area (Å²) in [5.41, 5.74) is 0.858. The van der Waals surface area contributed by atoms with E-state index in [1.807, 2.05) is 39.1 Å². The van der Waals surface area contributed by atoms with E-state index >= 15 is 0 Å². The average molecular weight is 298 g/mol. The number of aromatic amines is 1. The van der Waals surface area contributed by atoms with E-state index in [1.165, 1.54) is 10.9 Å². The molecule has 3 nitrogen and oxygen atoms in total. The first-order valence-electron chi connectivity index (χ1n) is 5.27. The highest BCUT2D eigenvalue weighted by molar-refractivity contribution is 9.10. The standard InChI is InChI=1S/C8H6BrN.C5H10O2/c9-7-2-1-3-8-6(7)4-5-10-8;1-5(2,3)7-4-6/h1-5,10H;4H,1-3H3. The molecule has 1 heterocycles. The molecular weight excluding hydrogens is 282 g/mol. The predicted molar refractivity (Wildman–Crippen MR) is 72.9 cm³/mol. The Morgan fingerprint density at radius 3 is 2.47 bits per heavy atom. The van der Waals surface area contributed by atoms with Gasteiger partial charge in [0.25, 0.3) is 6.47 Å². The fourth-order valence-corrected chi connectivity index (χ4v) is 1.69. The molecule has 0 unspecified atom stereocenters. The van der Waals surface area contributed by atoms with E-state index in [2.05, 4.69) is 37.8 Å². The van der Waals surface area contributed by atoms with Crippen LogP contribution in [0.5, 0.6) is 0 Å². The van der Waals surface area contributed by atoms with Gasteiger partial charge in [0.1, 0.15) is 5.60 Å². The normalized spacial score (nSPS) is 10.6. The Morgan fingerprint density at radius 1 is 1.29 bits per heavy atom. The number of rotatable bonds is 1. The summed E-state index contributed by atoms with van der Waals surface area (Å²) in [5.74, 6) is 0. The lowest BCUT2D eigenvalue weighted by Crippen LogP contribution is -2.17. The molecular formula is C13H16BrNO2. The SMILES string of the molecule is Brc1cccc2[nH]ccc12.CC(C)(C)OC=O. The van der Waals surface area contributed by atoms with E-state index in [1.54, 1.807) is 0 Å². The Bertz CT molecular complexity index is 485. The molecule has 0 amide bonds. The molecule has 2 aromatic rings. The molecule has 1 aromatic carbocycles. The zero-order valence-electron chi connectivity index (χ0n) is 10.2. The lowest BCUT2D eigenvalue weighted by Gasteiger charge is -2.14. The number of carbonyl (C=O) groups is 1. The second kappa shape index (κ2) is 5.87. The van der Waals surface area contributed by atoms with Gasteiger partial charge < -0.3 is 9.72 Å².